The first-order chi connectivity index (χ1) is 14.4. The van der Waals surface area contributed by atoms with E-state index in [9.17, 15) is 22.8 Å². The summed E-state index contributed by atoms with van der Waals surface area (Å²) >= 11 is 0. The van der Waals surface area contributed by atoms with E-state index in [4.69, 9.17) is 5.73 Å². The maximum absolute atomic E-state index is 13.4. The number of primary amides is 1. The molecule has 1 aliphatic rings. The lowest BCUT2D eigenvalue weighted by atomic mass is 9.99. The Hall–Kier alpha value is -2.10. The molecule has 1 aliphatic heterocycles. The monoisotopic (exact) mass is 447 g/mol. The van der Waals surface area contributed by atoms with Crippen molar-refractivity contribution in [2.75, 3.05) is 33.2 Å². The van der Waals surface area contributed by atoms with E-state index in [-0.39, 0.29) is 30.2 Å². The normalized spacial score (nSPS) is 17.8. The lowest BCUT2D eigenvalue weighted by Gasteiger charge is -2.43. The molecule has 1 heterocycles. The summed E-state index contributed by atoms with van der Waals surface area (Å²) in [5.41, 5.74) is 4.26. The Bertz CT molecular complexity index is 670. The predicted octanol–water partition coefficient (Wildman–Crippen LogP) is 2.77. The molecule has 2 amide bonds. The molecule has 10 heteroatoms. The lowest BCUT2D eigenvalue weighted by Crippen LogP contribution is -2.52. The predicted molar refractivity (Wildman–Crippen MR) is 115 cm³/mol. The van der Waals surface area contributed by atoms with Gasteiger partial charge in [-0.05, 0) is 32.7 Å². The van der Waals surface area contributed by atoms with Crippen molar-refractivity contribution in [1.82, 2.24) is 14.7 Å². The first kappa shape index (κ1) is 26.9. The molecule has 0 spiro atoms. The van der Waals surface area contributed by atoms with Crippen LogP contribution in [0.15, 0.2) is 16.4 Å². The summed E-state index contributed by atoms with van der Waals surface area (Å²) in [5.74, 6) is -0.801. The molecule has 1 atom stereocenters. The second kappa shape index (κ2) is 12.1. The topological polar surface area (TPSA) is 82.2 Å². The summed E-state index contributed by atoms with van der Waals surface area (Å²) in [4.78, 5) is 32.1. The van der Waals surface area contributed by atoms with Gasteiger partial charge < -0.3 is 15.5 Å². The fourth-order valence-corrected chi connectivity index (χ4v) is 4.03. The number of carbonyl (C=O) groups is 2. The van der Waals surface area contributed by atoms with Crippen molar-refractivity contribution < 1.29 is 22.8 Å². The highest BCUT2D eigenvalue weighted by molar-refractivity contribution is 5.88. The third-order valence-corrected chi connectivity index (χ3v) is 5.80. The first-order valence-electron chi connectivity index (χ1n) is 10.7. The molecular formula is C21H36F3N5O2. The molecule has 1 unspecified atom stereocenters. The number of hydrogen-bond acceptors (Lipinski definition) is 5. The van der Waals surface area contributed by atoms with E-state index in [0.717, 1.165) is 38.9 Å². The standard InChI is InChI=1S/C21H36F3N5O2/c1-6-17(29(7-2)18-9-12-28(13-10-18)16(4)30)14-27(5)20(15(3)21(22,23)24)26-11-8-19(25)31/h11,17-18H,6-10,12-14H2,1-5H3,(H2,25,31)/b20-15-,26-11-. The number of rotatable bonds is 10. The van der Waals surface area contributed by atoms with Crippen LogP contribution in [0.2, 0.25) is 0 Å². The molecule has 0 radical (unpaired) electrons. The van der Waals surface area contributed by atoms with E-state index in [2.05, 4.69) is 9.89 Å². The number of piperidine rings is 1. The summed E-state index contributed by atoms with van der Waals surface area (Å²) in [6, 6.07) is 0.291. The summed E-state index contributed by atoms with van der Waals surface area (Å²) in [7, 11) is 1.58. The quantitative estimate of drug-likeness (QED) is 0.522. The Kier molecular flexibility index (Phi) is 10.5. The molecule has 178 valence electrons. The third kappa shape index (κ3) is 8.16. The maximum Gasteiger partial charge on any atom is 0.415 e. The third-order valence-electron chi connectivity index (χ3n) is 5.80. The Labute approximate surface area is 183 Å². The van der Waals surface area contributed by atoms with Gasteiger partial charge in [0.2, 0.25) is 11.8 Å². The number of likely N-dealkylation sites (tertiary alicyclic amines) is 1. The molecule has 0 bridgehead atoms. The van der Waals surface area contributed by atoms with Gasteiger partial charge in [0, 0.05) is 51.9 Å². The summed E-state index contributed by atoms with van der Waals surface area (Å²) in [6.45, 7) is 9.12. The number of nitrogens with zero attached hydrogens (tertiary/aromatic N) is 4. The van der Waals surface area contributed by atoms with Crippen LogP contribution < -0.4 is 5.73 Å². The van der Waals surface area contributed by atoms with E-state index < -0.39 is 17.7 Å². The number of allylic oxidation sites excluding steroid dienone is 1. The summed E-state index contributed by atoms with van der Waals surface area (Å²) in [5, 5.41) is 0. The second-order valence-corrected chi connectivity index (χ2v) is 7.94. The number of aliphatic imine (C=N–C) groups is 1. The van der Waals surface area contributed by atoms with Gasteiger partial charge in [-0.3, -0.25) is 14.5 Å². The van der Waals surface area contributed by atoms with Gasteiger partial charge in [-0.15, -0.1) is 0 Å². The Morgan fingerprint density at radius 1 is 1.23 bits per heavy atom. The number of alkyl halides is 3. The molecule has 7 nitrogen and oxygen atoms in total. The SMILES string of the molecule is CCC(CN(C)C(/N=C\CC(N)=O)=C(/C)C(F)(F)F)N(CC)C1CCN(C(C)=O)CC1. The minimum absolute atomic E-state index is 0.0197. The average Bonchev–Trinajstić information content (AvgIpc) is 2.69. The van der Waals surface area contributed by atoms with Crippen molar-refractivity contribution in [2.24, 2.45) is 10.7 Å². The fourth-order valence-electron chi connectivity index (χ4n) is 4.03. The molecule has 1 saturated heterocycles. The molecular weight excluding hydrogens is 411 g/mol. The molecule has 0 aromatic heterocycles. The van der Waals surface area contributed by atoms with Crippen LogP contribution in [0.25, 0.3) is 0 Å². The van der Waals surface area contributed by atoms with Crippen LogP contribution in [-0.4, -0.2) is 84.2 Å². The van der Waals surface area contributed by atoms with E-state index in [0.29, 0.717) is 19.6 Å². The molecule has 2 N–H and O–H groups in total. The Balaban J connectivity index is 3.02. The molecule has 0 aliphatic carbocycles. The smallest absolute Gasteiger partial charge is 0.369 e. The highest BCUT2D eigenvalue weighted by Gasteiger charge is 2.35. The van der Waals surface area contributed by atoms with Crippen molar-refractivity contribution in [3.05, 3.63) is 11.4 Å². The van der Waals surface area contributed by atoms with Gasteiger partial charge in [0.25, 0.3) is 0 Å². The van der Waals surface area contributed by atoms with Crippen LogP contribution in [0, 0.1) is 0 Å². The van der Waals surface area contributed by atoms with Crippen LogP contribution in [0.4, 0.5) is 13.2 Å². The van der Waals surface area contributed by atoms with E-state index in [1.807, 2.05) is 18.7 Å². The van der Waals surface area contributed by atoms with Gasteiger partial charge in [0.1, 0.15) is 5.82 Å². The van der Waals surface area contributed by atoms with E-state index in [1.54, 1.807) is 14.0 Å². The minimum Gasteiger partial charge on any atom is -0.369 e. The molecule has 31 heavy (non-hydrogen) atoms. The van der Waals surface area contributed by atoms with Crippen molar-refractivity contribution >= 4 is 18.0 Å². The lowest BCUT2D eigenvalue weighted by molar-refractivity contribution is -0.130. The number of carbonyl (C=O) groups excluding carboxylic acids is 2. The van der Waals surface area contributed by atoms with Crippen molar-refractivity contribution in [1.29, 1.82) is 0 Å². The fraction of sp³-hybridized carbons (Fsp3) is 0.762. The molecule has 0 aromatic rings. The molecule has 1 fully saturated rings. The molecule has 0 aromatic carbocycles. The summed E-state index contributed by atoms with van der Waals surface area (Å²) in [6.07, 6.45) is -1.19. The van der Waals surface area contributed by atoms with Crippen molar-refractivity contribution in [3.8, 4) is 0 Å². The van der Waals surface area contributed by atoms with Crippen LogP contribution in [0.3, 0.4) is 0 Å². The Morgan fingerprint density at radius 3 is 2.23 bits per heavy atom. The van der Waals surface area contributed by atoms with Crippen LogP contribution in [-0.2, 0) is 9.59 Å². The van der Waals surface area contributed by atoms with Gasteiger partial charge in [-0.2, -0.15) is 13.2 Å². The van der Waals surface area contributed by atoms with Crippen molar-refractivity contribution in [2.45, 2.75) is 71.6 Å². The number of amides is 2. The van der Waals surface area contributed by atoms with E-state index >= 15 is 0 Å². The minimum atomic E-state index is -4.53. The highest BCUT2D eigenvalue weighted by Crippen LogP contribution is 2.30. The number of halogens is 3. The zero-order valence-corrected chi connectivity index (χ0v) is 19.2. The van der Waals surface area contributed by atoms with Gasteiger partial charge >= 0.3 is 6.18 Å². The average molecular weight is 448 g/mol. The number of nitrogens with two attached hydrogens (primary N) is 1. The number of hydrogen-bond donors (Lipinski definition) is 1. The second-order valence-electron chi connectivity index (χ2n) is 7.94. The Morgan fingerprint density at radius 2 is 1.81 bits per heavy atom. The molecule has 0 saturated carbocycles. The van der Waals surface area contributed by atoms with Crippen molar-refractivity contribution in [3.63, 3.8) is 0 Å². The van der Waals surface area contributed by atoms with Gasteiger partial charge in [0.05, 0.1) is 12.0 Å². The zero-order valence-electron chi connectivity index (χ0n) is 19.2. The van der Waals surface area contributed by atoms with Gasteiger partial charge in [-0.1, -0.05) is 13.8 Å². The maximum atomic E-state index is 13.4. The van der Waals surface area contributed by atoms with Crippen LogP contribution >= 0.6 is 0 Å². The van der Waals surface area contributed by atoms with Crippen LogP contribution in [0.5, 0.6) is 0 Å². The first-order valence-corrected chi connectivity index (χ1v) is 10.7. The van der Waals surface area contributed by atoms with E-state index in [1.165, 1.54) is 4.90 Å². The largest absolute Gasteiger partial charge is 0.415 e. The van der Waals surface area contributed by atoms with Gasteiger partial charge in [-0.25, -0.2) is 4.99 Å². The summed E-state index contributed by atoms with van der Waals surface area (Å²) < 4.78 is 40.2. The highest BCUT2D eigenvalue weighted by atomic mass is 19.4. The molecule has 1 rings (SSSR count). The van der Waals surface area contributed by atoms with Gasteiger partial charge in [0.15, 0.2) is 0 Å². The van der Waals surface area contributed by atoms with Crippen LogP contribution in [0.1, 0.15) is 53.4 Å². The number of likely N-dealkylation sites (N-methyl/N-ethyl adjacent to an activating group) is 2. The zero-order chi connectivity index (χ0) is 23.8.